The number of aromatic nitrogens is 3. The van der Waals surface area contributed by atoms with Crippen molar-refractivity contribution < 1.29 is 0 Å². The summed E-state index contributed by atoms with van der Waals surface area (Å²) in [5.41, 5.74) is 2.67. The smallest absolute Gasteiger partial charge is 0.138 e. The highest BCUT2D eigenvalue weighted by atomic mass is 15.3. The standard InChI is InChI=1S/C13H16N4/c1-2-17-13(15-9-16-17)7-10-8-14-12-6-4-3-5-11(10)12/h3-6,9-10,14H,2,7-8H2,1H3. The monoisotopic (exact) mass is 228 g/mol. The number of benzene rings is 1. The number of hydrogen-bond donors (Lipinski definition) is 1. The van der Waals surface area contributed by atoms with Crippen molar-refractivity contribution >= 4 is 5.69 Å². The Morgan fingerprint density at radius 1 is 1.41 bits per heavy atom. The molecule has 1 aliphatic heterocycles. The molecule has 1 N–H and O–H groups in total. The predicted octanol–water partition coefficient (Wildman–Crippen LogP) is 2.05. The second-order valence-electron chi connectivity index (χ2n) is 4.36. The molecule has 4 heteroatoms. The molecule has 1 aromatic carbocycles. The van der Waals surface area contributed by atoms with Crippen molar-refractivity contribution in [3.05, 3.63) is 42.0 Å². The maximum absolute atomic E-state index is 4.35. The number of hydrogen-bond acceptors (Lipinski definition) is 3. The average molecular weight is 228 g/mol. The fraction of sp³-hybridized carbons (Fsp3) is 0.385. The van der Waals surface area contributed by atoms with Crippen molar-refractivity contribution in [1.29, 1.82) is 0 Å². The highest BCUT2D eigenvalue weighted by Crippen LogP contribution is 2.32. The fourth-order valence-corrected chi connectivity index (χ4v) is 2.47. The molecule has 0 fully saturated rings. The highest BCUT2D eigenvalue weighted by molar-refractivity contribution is 5.57. The van der Waals surface area contributed by atoms with Gasteiger partial charge in [-0.25, -0.2) is 4.98 Å². The lowest BCUT2D eigenvalue weighted by Crippen LogP contribution is -2.11. The van der Waals surface area contributed by atoms with Gasteiger partial charge in [0.25, 0.3) is 0 Å². The van der Waals surface area contributed by atoms with Crippen LogP contribution < -0.4 is 5.32 Å². The Labute approximate surface area is 101 Å². The largest absolute Gasteiger partial charge is 0.384 e. The zero-order valence-electron chi connectivity index (χ0n) is 9.93. The van der Waals surface area contributed by atoms with E-state index in [2.05, 4.69) is 46.6 Å². The van der Waals surface area contributed by atoms with Gasteiger partial charge in [0.15, 0.2) is 0 Å². The van der Waals surface area contributed by atoms with E-state index < -0.39 is 0 Å². The van der Waals surface area contributed by atoms with Crippen molar-refractivity contribution in [2.24, 2.45) is 0 Å². The topological polar surface area (TPSA) is 42.7 Å². The Bertz CT molecular complexity index is 518. The first-order valence-electron chi connectivity index (χ1n) is 6.08. The molecule has 2 aromatic rings. The van der Waals surface area contributed by atoms with Gasteiger partial charge in [-0.3, -0.25) is 4.68 Å². The molecule has 17 heavy (non-hydrogen) atoms. The minimum atomic E-state index is 0.515. The normalized spacial score (nSPS) is 17.8. The molecule has 0 saturated carbocycles. The van der Waals surface area contributed by atoms with Gasteiger partial charge < -0.3 is 5.32 Å². The van der Waals surface area contributed by atoms with Crippen LogP contribution in [-0.4, -0.2) is 21.3 Å². The summed E-state index contributed by atoms with van der Waals surface area (Å²) in [6, 6.07) is 8.51. The average Bonchev–Trinajstić information content (AvgIpc) is 2.97. The minimum absolute atomic E-state index is 0.515. The zero-order chi connectivity index (χ0) is 11.7. The van der Waals surface area contributed by atoms with Crippen LogP contribution in [0, 0.1) is 0 Å². The van der Waals surface area contributed by atoms with Crippen LogP contribution in [0.4, 0.5) is 5.69 Å². The van der Waals surface area contributed by atoms with Gasteiger partial charge >= 0.3 is 0 Å². The summed E-state index contributed by atoms with van der Waals surface area (Å²) in [6.07, 6.45) is 2.60. The van der Waals surface area contributed by atoms with Gasteiger partial charge in [-0.05, 0) is 18.6 Å². The van der Waals surface area contributed by atoms with Crippen molar-refractivity contribution in [3.8, 4) is 0 Å². The first kappa shape index (κ1) is 10.3. The molecule has 0 spiro atoms. The van der Waals surface area contributed by atoms with Crippen LogP contribution in [0.5, 0.6) is 0 Å². The third kappa shape index (κ3) is 1.79. The lowest BCUT2D eigenvalue weighted by molar-refractivity contribution is 0.588. The van der Waals surface area contributed by atoms with Crippen molar-refractivity contribution in [2.75, 3.05) is 11.9 Å². The SMILES string of the molecule is CCn1ncnc1CC1CNc2ccccc21. The molecule has 1 aliphatic rings. The van der Waals surface area contributed by atoms with Crippen molar-refractivity contribution in [2.45, 2.75) is 25.8 Å². The quantitative estimate of drug-likeness (QED) is 0.874. The van der Waals surface area contributed by atoms with E-state index in [1.165, 1.54) is 11.3 Å². The summed E-state index contributed by atoms with van der Waals surface area (Å²) < 4.78 is 1.97. The van der Waals surface area contributed by atoms with Crippen LogP contribution in [0.15, 0.2) is 30.6 Å². The van der Waals surface area contributed by atoms with Gasteiger partial charge in [-0.1, -0.05) is 18.2 Å². The Hall–Kier alpha value is -1.84. The molecule has 88 valence electrons. The Morgan fingerprint density at radius 3 is 3.18 bits per heavy atom. The lowest BCUT2D eigenvalue weighted by atomic mass is 9.98. The maximum atomic E-state index is 4.35. The third-order valence-corrected chi connectivity index (χ3v) is 3.36. The van der Waals surface area contributed by atoms with Crippen LogP contribution in [0.1, 0.15) is 24.2 Å². The van der Waals surface area contributed by atoms with Crippen molar-refractivity contribution in [1.82, 2.24) is 14.8 Å². The van der Waals surface area contributed by atoms with E-state index in [1.54, 1.807) is 6.33 Å². The maximum Gasteiger partial charge on any atom is 0.138 e. The second-order valence-corrected chi connectivity index (χ2v) is 4.36. The Morgan fingerprint density at radius 2 is 2.29 bits per heavy atom. The molecule has 0 aliphatic carbocycles. The van der Waals surface area contributed by atoms with Gasteiger partial charge in [0.05, 0.1) is 0 Å². The molecule has 2 heterocycles. The van der Waals surface area contributed by atoms with Gasteiger partial charge in [-0.2, -0.15) is 5.10 Å². The molecule has 1 aromatic heterocycles. The summed E-state index contributed by atoms with van der Waals surface area (Å²) in [7, 11) is 0. The van der Waals surface area contributed by atoms with Gasteiger partial charge in [0.2, 0.25) is 0 Å². The fourth-order valence-electron chi connectivity index (χ4n) is 2.47. The van der Waals surface area contributed by atoms with E-state index >= 15 is 0 Å². The van der Waals surface area contributed by atoms with E-state index in [9.17, 15) is 0 Å². The molecule has 3 rings (SSSR count). The molecule has 1 atom stereocenters. The predicted molar refractivity (Wildman–Crippen MR) is 67.1 cm³/mol. The minimum Gasteiger partial charge on any atom is -0.384 e. The van der Waals surface area contributed by atoms with Gasteiger partial charge in [0, 0.05) is 31.1 Å². The number of aryl methyl sites for hydroxylation is 1. The molecule has 4 nitrogen and oxygen atoms in total. The molecule has 0 amide bonds. The summed E-state index contributed by atoms with van der Waals surface area (Å²) in [5.74, 6) is 1.59. The first-order chi connectivity index (χ1) is 8.38. The molecular weight excluding hydrogens is 212 g/mol. The van der Waals surface area contributed by atoms with Crippen LogP contribution in [0.25, 0.3) is 0 Å². The number of rotatable bonds is 3. The van der Waals surface area contributed by atoms with Crippen LogP contribution in [0.2, 0.25) is 0 Å². The molecule has 1 unspecified atom stereocenters. The molecule has 0 radical (unpaired) electrons. The number of nitrogens with zero attached hydrogens (tertiary/aromatic N) is 3. The number of anilines is 1. The summed E-state index contributed by atoms with van der Waals surface area (Å²) in [5, 5.41) is 7.66. The van der Waals surface area contributed by atoms with Gasteiger partial charge in [0.1, 0.15) is 12.2 Å². The van der Waals surface area contributed by atoms with Crippen LogP contribution in [0.3, 0.4) is 0 Å². The van der Waals surface area contributed by atoms with Crippen LogP contribution in [-0.2, 0) is 13.0 Å². The van der Waals surface area contributed by atoms with Crippen LogP contribution >= 0.6 is 0 Å². The Kier molecular flexibility index (Phi) is 2.55. The summed E-state index contributed by atoms with van der Waals surface area (Å²) >= 11 is 0. The third-order valence-electron chi connectivity index (χ3n) is 3.36. The van der Waals surface area contributed by atoms with E-state index in [0.717, 1.165) is 25.3 Å². The first-order valence-corrected chi connectivity index (χ1v) is 6.08. The molecule has 0 saturated heterocycles. The number of para-hydroxylation sites is 1. The van der Waals surface area contributed by atoms with E-state index in [4.69, 9.17) is 0 Å². The summed E-state index contributed by atoms with van der Waals surface area (Å²) in [4.78, 5) is 4.35. The highest BCUT2D eigenvalue weighted by Gasteiger charge is 2.23. The molecule has 0 bridgehead atoms. The molecular formula is C13H16N4. The summed E-state index contributed by atoms with van der Waals surface area (Å²) in [6.45, 7) is 3.98. The van der Waals surface area contributed by atoms with E-state index in [0.29, 0.717) is 5.92 Å². The lowest BCUT2D eigenvalue weighted by Gasteiger charge is -2.09. The van der Waals surface area contributed by atoms with E-state index in [-0.39, 0.29) is 0 Å². The number of fused-ring (bicyclic) bond motifs is 1. The second kappa shape index (κ2) is 4.20. The number of nitrogens with one attached hydrogen (secondary N) is 1. The van der Waals surface area contributed by atoms with Crippen molar-refractivity contribution in [3.63, 3.8) is 0 Å². The zero-order valence-corrected chi connectivity index (χ0v) is 9.93. The van der Waals surface area contributed by atoms with Gasteiger partial charge in [-0.15, -0.1) is 0 Å². The Balaban J connectivity index is 1.84. The van der Waals surface area contributed by atoms with E-state index in [1.807, 2.05) is 4.68 Å².